The van der Waals surface area contributed by atoms with Crippen LogP contribution >= 0.6 is 7.26 Å². The molecular formula is C24H36NO3P. The van der Waals surface area contributed by atoms with E-state index in [4.69, 9.17) is 9.47 Å². The van der Waals surface area contributed by atoms with Crippen LogP contribution in [0.2, 0.25) is 0 Å². The maximum absolute atomic E-state index is 12.3. The van der Waals surface area contributed by atoms with Crippen LogP contribution in [0.5, 0.6) is 5.75 Å². The molecule has 0 radical (unpaired) electrons. The van der Waals surface area contributed by atoms with Crippen molar-refractivity contribution in [2.24, 2.45) is 0 Å². The third-order valence-electron chi connectivity index (χ3n) is 5.50. The summed E-state index contributed by atoms with van der Waals surface area (Å²) < 4.78 is 11.4. The molecule has 0 spiro atoms. The van der Waals surface area contributed by atoms with E-state index in [1.807, 2.05) is 51.1 Å². The van der Waals surface area contributed by atoms with E-state index < -0.39 is 12.9 Å². The molecule has 1 amide bonds. The molecule has 29 heavy (non-hydrogen) atoms. The van der Waals surface area contributed by atoms with E-state index in [1.54, 1.807) is 0 Å². The van der Waals surface area contributed by atoms with Gasteiger partial charge < -0.3 is 0 Å². The van der Waals surface area contributed by atoms with Gasteiger partial charge >= 0.3 is 176 Å². The average Bonchev–Trinajstić information content (AvgIpc) is 2.68. The first-order valence-corrected chi connectivity index (χ1v) is 13.0. The normalized spacial score (nSPS) is 13.4. The van der Waals surface area contributed by atoms with Crippen molar-refractivity contribution in [1.29, 1.82) is 0 Å². The van der Waals surface area contributed by atoms with E-state index in [-0.39, 0.29) is 11.9 Å². The van der Waals surface area contributed by atoms with Crippen molar-refractivity contribution in [3.8, 4) is 5.75 Å². The summed E-state index contributed by atoms with van der Waals surface area (Å²) in [7, 11) is -1.94. The Morgan fingerprint density at radius 2 is 1.59 bits per heavy atom. The van der Waals surface area contributed by atoms with Crippen molar-refractivity contribution in [2.45, 2.75) is 59.5 Å². The first-order chi connectivity index (χ1) is 13.7. The Hall–Kier alpha value is -2.06. The maximum atomic E-state index is 12.3. The Morgan fingerprint density at radius 3 is 2.10 bits per heavy atom. The second-order valence-corrected chi connectivity index (χ2v) is 13.7. The van der Waals surface area contributed by atoms with Gasteiger partial charge in [0.2, 0.25) is 0 Å². The fraction of sp³-hybridized carbons (Fsp3) is 0.458. The van der Waals surface area contributed by atoms with Crippen molar-refractivity contribution < 1.29 is 14.3 Å². The third kappa shape index (κ3) is 6.47. The molecule has 160 valence electrons. The Morgan fingerprint density at radius 1 is 1.00 bits per heavy atom. The van der Waals surface area contributed by atoms with Gasteiger partial charge in [-0.25, -0.2) is 0 Å². The van der Waals surface area contributed by atoms with Crippen LogP contribution in [0.3, 0.4) is 0 Å². The van der Waals surface area contributed by atoms with Crippen LogP contribution in [0.1, 0.15) is 47.1 Å². The summed E-state index contributed by atoms with van der Waals surface area (Å²) in [6.45, 7) is 12.8. The molecule has 0 bridgehead atoms. The Kier molecular flexibility index (Phi) is 8.10. The Balaban J connectivity index is 2.11. The summed E-state index contributed by atoms with van der Waals surface area (Å²) in [5.41, 5.74) is 0.655. The Bertz CT molecular complexity index is 765. The fourth-order valence-corrected chi connectivity index (χ4v) is 8.03. The molecule has 0 fully saturated rings. The molecule has 1 unspecified atom stereocenters. The summed E-state index contributed by atoms with van der Waals surface area (Å²) in [4.78, 5) is 12.3. The molecule has 0 aliphatic carbocycles. The van der Waals surface area contributed by atoms with Gasteiger partial charge in [-0.2, -0.15) is 0 Å². The summed E-state index contributed by atoms with van der Waals surface area (Å²) >= 11 is 0. The van der Waals surface area contributed by atoms with Crippen molar-refractivity contribution in [3.05, 3.63) is 60.2 Å². The molecule has 2 aromatic rings. The molecule has 0 aliphatic rings. The van der Waals surface area contributed by atoms with Crippen LogP contribution in [0.4, 0.5) is 4.79 Å². The zero-order valence-corrected chi connectivity index (χ0v) is 19.6. The van der Waals surface area contributed by atoms with Gasteiger partial charge in [0, 0.05) is 0 Å². The third-order valence-corrected chi connectivity index (χ3v) is 11.3. The zero-order valence-electron chi connectivity index (χ0n) is 18.6. The van der Waals surface area contributed by atoms with E-state index in [0.717, 1.165) is 23.6 Å². The van der Waals surface area contributed by atoms with Gasteiger partial charge in [-0.1, -0.05) is 0 Å². The standard InChI is InChI=1S/C24H36NO3P/c1-7-29(8-2,19(3)25-23(26)28-24(4,5)6)22-16-14-21(15-17-22)27-18-20-12-10-9-11-13-20/h9-17,19,29H,7-8,18H2,1-6H3,(H,25,26). The van der Waals surface area contributed by atoms with E-state index in [0.29, 0.717) is 6.61 Å². The predicted octanol–water partition coefficient (Wildman–Crippen LogP) is 5.55. The number of benzene rings is 2. The molecule has 1 N–H and O–H groups in total. The number of alkyl carbamates (subject to hydrolysis) is 1. The SMILES string of the molecule is CC[PH](CC)(c1ccc(OCc2ccccc2)cc1)C(C)NC(=O)OC(C)(C)C. The van der Waals surface area contributed by atoms with Gasteiger partial charge in [0.25, 0.3) is 0 Å². The molecular weight excluding hydrogens is 381 g/mol. The zero-order chi connectivity index (χ0) is 21.5. The summed E-state index contributed by atoms with van der Waals surface area (Å²) in [6, 6.07) is 18.6. The van der Waals surface area contributed by atoms with Crippen LogP contribution in [0, 0.1) is 0 Å². The van der Waals surface area contributed by atoms with Gasteiger partial charge in [-0.15, -0.1) is 0 Å². The number of hydrogen-bond donors (Lipinski definition) is 1. The quantitative estimate of drug-likeness (QED) is 0.573. The number of carbonyl (C=O) groups is 1. The molecule has 0 saturated carbocycles. The van der Waals surface area contributed by atoms with Crippen LogP contribution in [-0.4, -0.2) is 29.8 Å². The number of carbonyl (C=O) groups excluding carboxylic acids is 1. The second kappa shape index (κ2) is 10.1. The van der Waals surface area contributed by atoms with Crippen LogP contribution < -0.4 is 15.4 Å². The van der Waals surface area contributed by atoms with E-state index >= 15 is 0 Å². The topological polar surface area (TPSA) is 47.6 Å². The molecule has 1 atom stereocenters. The van der Waals surface area contributed by atoms with Crippen LogP contribution in [0.15, 0.2) is 54.6 Å². The van der Waals surface area contributed by atoms with Crippen LogP contribution in [-0.2, 0) is 11.3 Å². The molecule has 0 aliphatic heterocycles. The van der Waals surface area contributed by atoms with E-state index in [1.165, 1.54) is 5.30 Å². The van der Waals surface area contributed by atoms with Gasteiger partial charge in [0.05, 0.1) is 0 Å². The molecule has 0 saturated heterocycles. The number of ether oxygens (including phenoxy) is 2. The Labute approximate surface area is 176 Å². The predicted molar refractivity (Wildman–Crippen MR) is 125 cm³/mol. The minimum absolute atomic E-state index is 0.0726. The molecule has 4 nitrogen and oxygen atoms in total. The van der Waals surface area contributed by atoms with Gasteiger partial charge in [-0.05, 0) is 0 Å². The number of hydrogen-bond acceptors (Lipinski definition) is 3. The van der Waals surface area contributed by atoms with E-state index in [9.17, 15) is 4.79 Å². The van der Waals surface area contributed by atoms with Gasteiger partial charge in [-0.3, -0.25) is 0 Å². The van der Waals surface area contributed by atoms with Gasteiger partial charge in [0.15, 0.2) is 0 Å². The summed E-state index contributed by atoms with van der Waals surface area (Å²) in [5.74, 6) is 0.934. The van der Waals surface area contributed by atoms with Crippen molar-refractivity contribution >= 4 is 18.7 Å². The molecule has 2 aromatic carbocycles. The molecule has 0 aromatic heterocycles. The summed E-state index contributed by atoms with van der Waals surface area (Å²) in [5, 5.41) is 4.44. The number of amides is 1. The first-order valence-electron chi connectivity index (χ1n) is 10.5. The van der Waals surface area contributed by atoms with E-state index in [2.05, 4.69) is 50.4 Å². The molecule has 5 heteroatoms. The van der Waals surface area contributed by atoms with Crippen molar-refractivity contribution in [3.63, 3.8) is 0 Å². The van der Waals surface area contributed by atoms with Gasteiger partial charge in [0.1, 0.15) is 0 Å². The average molecular weight is 418 g/mol. The second-order valence-electron chi connectivity index (χ2n) is 8.53. The molecule has 0 heterocycles. The number of nitrogens with one attached hydrogen (secondary N) is 1. The van der Waals surface area contributed by atoms with Crippen molar-refractivity contribution in [1.82, 2.24) is 5.32 Å². The fourth-order valence-electron chi connectivity index (χ4n) is 3.77. The van der Waals surface area contributed by atoms with Crippen LogP contribution in [0.25, 0.3) is 0 Å². The monoisotopic (exact) mass is 417 g/mol. The first kappa shape index (κ1) is 23.2. The minimum atomic E-state index is -1.94. The van der Waals surface area contributed by atoms with Crippen molar-refractivity contribution in [2.75, 3.05) is 12.3 Å². The molecule has 2 rings (SSSR count). The number of rotatable bonds is 8. The summed E-state index contributed by atoms with van der Waals surface area (Å²) in [6.07, 6.45) is 1.75.